The van der Waals surface area contributed by atoms with Crippen molar-refractivity contribution in [3.63, 3.8) is 0 Å². The van der Waals surface area contributed by atoms with E-state index in [1.165, 1.54) is 0 Å². The van der Waals surface area contributed by atoms with E-state index in [2.05, 4.69) is 18.2 Å². The van der Waals surface area contributed by atoms with Gasteiger partial charge in [-0.3, -0.25) is 4.79 Å². The number of aryl methyl sites for hydroxylation is 1. The molecular weight excluding hydrogens is 236 g/mol. The number of carbonyl (C=O) groups is 1. The van der Waals surface area contributed by atoms with E-state index in [0.29, 0.717) is 23.7 Å². The number of amides is 1. The van der Waals surface area contributed by atoms with Crippen LogP contribution in [0.1, 0.15) is 36.7 Å². The molecule has 0 saturated carbocycles. The van der Waals surface area contributed by atoms with Crippen LogP contribution in [0.5, 0.6) is 0 Å². The Hall–Kier alpha value is -1.40. The van der Waals surface area contributed by atoms with Crippen LogP contribution in [0.2, 0.25) is 5.02 Å². The molecule has 0 aromatic carbocycles. The summed E-state index contributed by atoms with van der Waals surface area (Å²) in [6, 6.07) is 1.69. The van der Waals surface area contributed by atoms with Crippen molar-refractivity contribution >= 4 is 17.5 Å². The lowest BCUT2D eigenvalue weighted by Gasteiger charge is -2.07. The van der Waals surface area contributed by atoms with E-state index in [1.807, 2.05) is 4.57 Å². The predicted octanol–water partition coefficient (Wildman–Crippen LogP) is 2.69. The highest BCUT2D eigenvalue weighted by molar-refractivity contribution is 6.31. The highest BCUT2D eigenvalue weighted by Crippen LogP contribution is 2.14. The van der Waals surface area contributed by atoms with E-state index in [0.717, 1.165) is 19.4 Å². The number of nitrogens with zero attached hydrogens (tertiary/aromatic N) is 1. The van der Waals surface area contributed by atoms with E-state index < -0.39 is 0 Å². The Bertz CT molecular complexity index is 418. The summed E-state index contributed by atoms with van der Waals surface area (Å²) in [5.74, 6) is 2.44. The van der Waals surface area contributed by atoms with Gasteiger partial charge in [0.25, 0.3) is 5.91 Å². The van der Waals surface area contributed by atoms with E-state index >= 15 is 0 Å². The van der Waals surface area contributed by atoms with Crippen molar-refractivity contribution in [2.75, 3.05) is 6.54 Å². The summed E-state index contributed by atoms with van der Waals surface area (Å²) < 4.78 is 1.87. The molecule has 0 aliphatic heterocycles. The first-order valence-electron chi connectivity index (χ1n) is 5.76. The Morgan fingerprint density at radius 3 is 3.06 bits per heavy atom. The van der Waals surface area contributed by atoms with Gasteiger partial charge in [-0.2, -0.15) is 0 Å². The first kappa shape index (κ1) is 13.7. The van der Waals surface area contributed by atoms with Gasteiger partial charge in [-0.05, 0) is 18.9 Å². The molecule has 1 aromatic heterocycles. The second kappa shape index (κ2) is 7.03. The van der Waals surface area contributed by atoms with Gasteiger partial charge in [0.05, 0.1) is 5.02 Å². The van der Waals surface area contributed by atoms with E-state index in [9.17, 15) is 4.79 Å². The number of rotatable bonds is 6. The lowest BCUT2D eigenvalue weighted by Crippen LogP contribution is -2.26. The molecule has 0 aliphatic carbocycles. The monoisotopic (exact) mass is 252 g/mol. The van der Waals surface area contributed by atoms with Crippen molar-refractivity contribution in [3.8, 4) is 12.3 Å². The number of terminal acetylenes is 1. The fourth-order valence-corrected chi connectivity index (χ4v) is 1.80. The zero-order valence-corrected chi connectivity index (χ0v) is 10.8. The maximum atomic E-state index is 11.9. The minimum atomic E-state index is -0.0950. The molecular formula is C13H17ClN2O. The van der Waals surface area contributed by atoms with Gasteiger partial charge < -0.3 is 9.88 Å². The Balaban J connectivity index is 2.58. The van der Waals surface area contributed by atoms with Gasteiger partial charge in [0, 0.05) is 25.7 Å². The lowest BCUT2D eigenvalue weighted by molar-refractivity contribution is 0.0944. The Labute approximate surface area is 107 Å². The molecule has 0 saturated heterocycles. The Morgan fingerprint density at radius 1 is 1.65 bits per heavy atom. The Morgan fingerprint density at radius 2 is 2.41 bits per heavy atom. The first-order chi connectivity index (χ1) is 8.19. The third kappa shape index (κ3) is 4.16. The van der Waals surface area contributed by atoms with Crippen molar-refractivity contribution in [3.05, 3.63) is 23.0 Å². The molecule has 0 spiro atoms. The highest BCUT2D eigenvalue weighted by atomic mass is 35.5. The molecule has 0 radical (unpaired) electrons. The first-order valence-corrected chi connectivity index (χ1v) is 6.14. The van der Waals surface area contributed by atoms with E-state index in [-0.39, 0.29) is 5.91 Å². The normalized spacial score (nSPS) is 9.94. The van der Waals surface area contributed by atoms with Gasteiger partial charge >= 0.3 is 0 Å². The summed E-state index contributed by atoms with van der Waals surface area (Å²) in [5.41, 5.74) is 0.609. The third-order valence-electron chi connectivity index (χ3n) is 2.34. The van der Waals surface area contributed by atoms with E-state index in [4.69, 9.17) is 18.0 Å². The van der Waals surface area contributed by atoms with Crippen LogP contribution in [0.25, 0.3) is 0 Å². The maximum Gasteiger partial charge on any atom is 0.267 e. The molecule has 1 N–H and O–H groups in total. The largest absolute Gasteiger partial charge is 0.351 e. The molecule has 92 valence electrons. The number of carbonyl (C=O) groups excluding carboxylic acids is 1. The number of hydrogen-bond acceptors (Lipinski definition) is 1. The van der Waals surface area contributed by atoms with Gasteiger partial charge in [-0.15, -0.1) is 12.3 Å². The molecule has 0 fully saturated rings. The van der Waals surface area contributed by atoms with Crippen LogP contribution in [-0.4, -0.2) is 17.0 Å². The minimum absolute atomic E-state index is 0.0950. The fraction of sp³-hybridized carbons (Fsp3) is 0.462. The molecule has 3 nitrogen and oxygen atoms in total. The summed E-state index contributed by atoms with van der Waals surface area (Å²) in [6.45, 7) is 3.44. The number of nitrogens with one attached hydrogen (secondary N) is 1. The van der Waals surface area contributed by atoms with Gasteiger partial charge in [0.15, 0.2) is 0 Å². The second-order valence-electron chi connectivity index (χ2n) is 3.80. The van der Waals surface area contributed by atoms with E-state index in [1.54, 1.807) is 12.3 Å². The quantitative estimate of drug-likeness (QED) is 0.613. The summed E-state index contributed by atoms with van der Waals surface area (Å²) in [7, 11) is 0. The van der Waals surface area contributed by atoms with Gasteiger partial charge in [-0.25, -0.2) is 0 Å². The Kier molecular flexibility index (Phi) is 5.65. The summed E-state index contributed by atoms with van der Waals surface area (Å²) in [5, 5.41) is 3.42. The van der Waals surface area contributed by atoms with Crippen molar-refractivity contribution in [1.29, 1.82) is 0 Å². The highest BCUT2D eigenvalue weighted by Gasteiger charge is 2.11. The number of aromatic nitrogens is 1. The number of hydrogen-bond donors (Lipinski definition) is 1. The van der Waals surface area contributed by atoms with Gasteiger partial charge in [-0.1, -0.05) is 18.5 Å². The van der Waals surface area contributed by atoms with Crippen molar-refractivity contribution < 1.29 is 4.79 Å². The van der Waals surface area contributed by atoms with Gasteiger partial charge in [0.1, 0.15) is 5.69 Å². The molecule has 0 aliphatic rings. The fourth-order valence-electron chi connectivity index (χ4n) is 1.57. The molecule has 0 unspecified atom stereocenters. The molecule has 1 amide bonds. The maximum absolute atomic E-state index is 11.9. The lowest BCUT2D eigenvalue weighted by atomic mass is 10.3. The molecule has 1 aromatic rings. The van der Waals surface area contributed by atoms with Crippen LogP contribution in [0.3, 0.4) is 0 Å². The average molecular weight is 253 g/mol. The predicted molar refractivity (Wildman–Crippen MR) is 70.1 cm³/mol. The summed E-state index contributed by atoms with van der Waals surface area (Å²) in [6.07, 6.45) is 9.35. The van der Waals surface area contributed by atoms with Gasteiger partial charge in [0.2, 0.25) is 0 Å². The van der Waals surface area contributed by atoms with Crippen LogP contribution in [0, 0.1) is 12.3 Å². The molecule has 0 bridgehead atoms. The zero-order valence-electron chi connectivity index (χ0n) is 10.0. The van der Waals surface area contributed by atoms with Crippen LogP contribution < -0.4 is 5.32 Å². The standard InChI is InChI=1S/C13H17ClN2O/c1-3-5-6-7-15-13(17)12-9-11(14)10-16(12)8-4-2/h1,9-10H,4-8H2,2H3,(H,15,17). The minimum Gasteiger partial charge on any atom is -0.351 e. The zero-order chi connectivity index (χ0) is 12.7. The number of halogens is 1. The van der Waals surface area contributed by atoms with Crippen LogP contribution in [0.4, 0.5) is 0 Å². The van der Waals surface area contributed by atoms with Crippen molar-refractivity contribution in [2.24, 2.45) is 0 Å². The summed E-state index contributed by atoms with van der Waals surface area (Å²) in [4.78, 5) is 11.9. The van der Waals surface area contributed by atoms with Crippen LogP contribution in [0.15, 0.2) is 12.3 Å². The second-order valence-corrected chi connectivity index (χ2v) is 4.24. The molecule has 17 heavy (non-hydrogen) atoms. The van der Waals surface area contributed by atoms with Crippen molar-refractivity contribution in [1.82, 2.24) is 9.88 Å². The third-order valence-corrected chi connectivity index (χ3v) is 2.55. The van der Waals surface area contributed by atoms with Crippen LogP contribution in [-0.2, 0) is 6.54 Å². The summed E-state index contributed by atoms with van der Waals surface area (Å²) >= 11 is 5.90. The number of unbranched alkanes of at least 4 members (excludes halogenated alkanes) is 1. The molecule has 4 heteroatoms. The molecule has 1 heterocycles. The van der Waals surface area contributed by atoms with Crippen molar-refractivity contribution in [2.45, 2.75) is 32.7 Å². The SMILES string of the molecule is C#CCCCNC(=O)c1cc(Cl)cn1CCC. The van der Waals surface area contributed by atoms with Crippen LogP contribution >= 0.6 is 11.6 Å². The molecule has 0 atom stereocenters. The average Bonchev–Trinajstić information content (AvgIpc) is 2.66. The molecule has 1 rings (SSSR count). The topological polar surface area (TPSA) is 34.0 Å². The smallest absolute Gasteiger partial charge is 0.267 e.